The first kappa shape index (κ1) is 10.7. The third kappa shape index (κ3) is 2.74. The maximum absolute atomic E-state index is 4.07. The molecule has 1 aliphatic rings. The fourth-order valence-corrected chi connectivity index (χ4v) is 0.795. The Balaban J connectivity index is 0.000000561. The molecule has 0 saturated heterocycles. The Labute approximate surface area is 74.6 Å². The highest BCUT2D eigenvalue weighted by molar-refractivity contribution is 5.94. The summed E-state index contributed by atoms with van der Waals surface area (Å²) < 4.78 is 0. The molecular formula is C10H16N2. The summed E-state index contributed by atoms with van der Waals surface area (Å²) in [5.74, 6) is 0.859. The Morgan fingerprint density at radius 3 is 2.58 bits per heavy atom. The van der Waals surface area contributed by atoms with E-state index in [0.717, 1.165) is 12.4 Å². The van der Waals surface area contributed by atoms with Crippen LogP contribution in [0.2, 0.25) is 0 Å². The molecule has 0 saturated carbocycles. The molecule has 0 spiro atoms. The second-order valence-electron chi connectivity index (χ2n) is 1.91. The van der Waals surface area contributed by atoms with Crippen molar-refractivity contribution in [1.82, 2.24) is 4.90 Å². The lowest BCUT2D eigenvalue weighted by molar-refractivity contribution is 0.619. The van der Waals surface area contributed by atoms with Crippen LogP contribution < -0.4 is 0 Å². The number of aliphatic imine (C=N–C) groups is 1. The van der Waals surface area contributed by atoms with E-state index in [1.807, 2.05) is 24.8 Å². The molecule has 1 heterocycles. The van der Waals surface area contributed by atoms with Crippen molar-refractivity contribution in [1.29, 1.82) is 0 Å². The molecule has 0 unspecified atom stereocenters. The average molecular weight is 164 g/mol. The van der Waals surface area contributed by atoms with Crippen molar-refractivity contribution in [3.05, 3.63) is 37.7 Å². The zero-order valence-electron chi connectivity index (χ0n) is 7.83. The molecule has 0 bridgehead atoms. The molecule has 0 amide bonds. The van der Waals surface area contributed by atoms with Crippen LogP contribution in [0.25, 0.3) is 0 Å². The van der Waals surface area contributed by atoms with Gasteiger partial charge in [0.05, 0.1) is 0 Å². The molecule has 66 valence electrons. The first-order chi connectivity index (χ1) is 5.88. The van der Waals surface area contributed by atoms with Crippen molar-refractivity contribution >= 4 is 5.84 Å². The first-order valence-corrected chi connectivity index (χ1v) is 4.13. The van der Waals surface area contributed by atoms with Gasteiger partial charge in [0.2, 0.25) is 0 Å². The third-order valence-corrected chi connectivity index (χ3v) is 1.31. The Bertz CT molecular complexity index is 202. The van der Waals surface area contributed by atoms with Crippen molar-refractivity contribution in [2.75, 3.05) is 6.54 Å². The highest BCUT2D eigenvalue weighted by Gasteiger charge is 2.03. The molecule has 0 aromatic heterocycles. The molecule has 2 nitrogen and oxygen atoms in total. The minimum absolute atomic E-state index is 0.842. The van der Waals surface area contributed by atoms with Gasteiger partial charge in [0.15, 0.2) is 0 Å². The van der Waals surface area contributed by atoms with Crippen molar-refractivity contribution in [3.63, 3.8) is 0 Å². The molecule has 1 aliphatic heterocycles. The molecule has 12 heavy (non-hydrogen) atoms. The zero-order chi connectivity index (χ0) is 9.40. The largest absolute Gasteiger partial charge is 0.330 e. The van der Waals surface area contributed by atoms with E-state index < -0.39 is 0 Å². The van der Waals surface area contributed by atoms with Gasteiger partial charge in [0.1, 0.15) is 5.84 Å². The fourth-order valence-electron chi connectivity index (χ4n) is 0.795. The minimum atomic E-state index is 0.842. The van der Waals surface area contributed by atoms with Gasteiger partial charge in [-0.05, 0) is 18.4 Å². The fraction of sp³-hybridized carbons (Fsp3) is 0.300. The Kier molecular flexibility index (Phi) is 5.70. The molecule has 1 rings (SSSR count). The van der Waals surface area contributed by atoms with Gasteiger partial charge in [-0.1, -0.05) is 27.0 Å². The number of rotatable bonds is 2. The van der Waals surface area contributed by atoms with Gasteiger partial charge >= 0.3 is 0 Å². The van der Waals surface area contributed by atoms with Gasteiger partial charge in [-0.25, -0.2) is 4.99 Å². The molecule has 0 aromatic carbocycles. The highest BCUT2D eigenvalue weighted by Crippen LogP contribution is 2.00. The summed E-state index contributed by atoms with van der Waals surface area (Å²) in [5.41, 5.74) is 0. The number of nitrogens with zero attached hydrogens (tertiary/aromatic N) is 2. The summed E-state index contributed by atoms with van der Waals surface area (Å²) in [6, 6.07) is 0. The molecule has 0 aromatic rings. The van der Waals surface area contributed by atoms with Crippen LogP contribution in [-0.2, 0) is 0 Å². The summed E-state index contributed by atoms with van der Waals surface area (Å²) in [4.78, 5) is 6.00. The average Bonchev–Trinajstić information content (AvgIpc) is 2.20. The molecule has 2 heteroatoms. The molecule has 0 fully saturated rings. The van der Waals surface area contributed by atoms with E-state index in [1.165, 1.54) is 0 Å². The monoisotopic (exact) mass is 164 g/mol. The van der Waals surface area contributed by atoms with Gasteiger partial charge in [-0.3, -0.25) is 0 Å². The lowest BCUT2D eigenvalue weighted by atomic mass is 10.4. The quantitative estimate of drug-likeness (QED) is 0.612. The standard InChI is InChI=1S/C8H10N2.C2H6/c1-3-8-9-6-5-7-10(8)4-2;1-2/h3-6H,1-2,7H2;1-2H3. The topological polar surface area (TPSA) is 15.6 Å². The van der Waals surface area contributed by atoms with E-state index in [0.29, 0.717) is 0 Å². The summed E-state index contributed by atoms with van der Waals surface area (Å²) in [6.45, 7) is 12.1. The van der Waals surface area contributed by atoms with Crippen LogP contribution in [-0.4, -0.2) is 17.3 Å². The van der Waals surface area contributed by atoms with Gasteiger partial charge in [-0.2, -0.15) is 0 Å². The van der Waals surface area contributed by atoms with Crippen LogP contribution in [0.3, 0.4) is 0 Å². The molecule has 0 aliphatic carbocycles. The van der Waals surface area contributed by atoms with Crippen molar-refractivity contribution in [2.24, 2.45) is 4.99 Å². The maximum atomic E-state index is 4.07. The molecule has 0 radical (unpaired) electrons. The molecule has 0 N–H and O–H groups in total. The van der Waals surface area contributed by atoms with Crippen molar-refractivity contribution in [3.8, 4) is 0 Å². The van der Waals surface area contributed by atoms with Crippen molar-refractivity contribution < 1.29 is 0 Å². The van der Waals surface area contributed by atoms with Gasteiger partial charge < -0.3 is 4.90 Å². The Morgan fingerprint density at radius 2 is 2.17 bits per heavy atom. The summed E-state index contributed by atoms with van der Waals surface area (Å²) in [6.07, 6.45) is 7.20. The summed E-state index contributed by atoms with van der Waals surface area (Å²) >= 11 is 0. The molecule has 0 atom stereocenters. The van der Waals surface area contributed by atoms with Crippen LogP contribution in [0.5, 0.6) is 0 Å². The van der Waals surface area contributed by atoms with E-state index in [-0.39, 0.29) is 0 Å². The van der Waals surface area contributed by atoms with Crippen LogP contribution >= 0.6 is 0 Å². The predicted octanol–water partition coefficient (Wildman–Crippen LogP) is 2.57. The third-order valence-electron chi connectivity index (χ3n) is 1.31. The second-order valence-corrected chi connectivity index (χ2v) is 1.91. The predicted molar refractivity (Wildman–Crippen MR) is 55.0 cm³/mol. The van der Waals surface area contributed by atoms with E-state index in [4.69, 9.17) is 0 Å². The number of amidine groups is 1. The van der Waals surface area contributed by atoms with E-state index in [2.05, 4.69) is 18.2 Å². The van der Waals surface area contributed by atoms with Crippen LogP contribution in [0.15, 0.2) is 42.7 Å². The summed E-state index contributed by atoms with van der Waals surface area (Å²) in [5, 5.41) is 0. The second kappa shape index (κ2) is 6.40. The van der Waals surface area contributed by atoms with Gasteiger partial charge in [0.25, 0.3) is 0 Å². The number of hydrogen-bond donors (Lipinski definition) is 0. The normalized spacial score (nSPS) is 14.2. The van der Waals surface area contributed by atoms with Crippen LogP contribution in [0, 0.1) is 0 Å². The summed E-state index contributed by atoms with van der Waals surface area (Å²) in [7, 11) is 0. The van der Waals surface area contributed by atoms with Crippen molar-refractivity contribution in [2.45, 2.75) is 13.8 Å². The van der Waals surface area contributed by atoms with E-state index in [9.17, 15) is 0 Å². The first-order valence-electron chi connectivity index (χ1n) is 4.13. The van der Waals surface area contributed by atoms with Gasteiger partial charge in [-0.15, -0.1) is 0 Å². The maximum Gasteiger partial charge on any atom is 0.132 e. The zero-order valence-corrected chi connectivity index (χ0v) is 7.83. The lowest BCUT2D eigenvalue weighted by Crippen LogP contribution is -2.25. The Hall–Kier alpha value is -1.31. The number of hydrogen-bond acceptors (Lipinski definition) is 2. The van der Waals surface area contributed by atoms with Crippen LogP contribution in [0.1, 0.15) is 13.8 Å². The van der Waals surface area contributed by atoms with E-state index in [1.54, 1.807) is 18.5 Å². The van der Waals surface area contributed by atoms with Gasteiger partial charge in [0, 0.05) is 12.7 Å². The Morgan fingerprint density at radius 1 is 1.50 bits per heavy atom. The minimum Gasteiger partial charge on any atom is -0.330 e. The van der Waals surface area contributed by atoms with E-state index >= 15 is 0 Å². The molecular weight excluding hydrogens is 148 g/mol. The lowest BCUT2D eigenvalue weighted by Gasteiger charge is -2.19. The van der Waals surface area contributed by atoms with Crippen LogP contribution in [0.4, 0.5) is 0 Å². The smallest absolute Gasteiger partial charge is 0.132 e. The highest BCUT2D eigenvalue weighted by atomic mass is 15.2. The SMILES string of the molecule is C=CC1=NC=CCN1C=C.CC.